The van der Waals surface area contributed by atoms with Gasteiger partial charge in [0.1, 0.15) is 0 Å². The van der Waals surface area contributed by atoms with Crippen molar-refractivity contribution in [1.29, 1.82) is 0 Å². The van der Waals surface area contributed by atoms with Crippen LogP contribution in [0.5, 0.6) is 0 Å². The second kappa shape index (κ2) is 11.8. The fourth-order valence-corrected chi connectivity index (χ4v) is 3.29. The van der Waals surface area contributed by atoms with Crippen LogP contribution in [0.1, 0.15) is 30.9 Å². The van der Waals surface area contributed by atoms with Crippen LogP contribution in [0, 0.1) is 18.8 Å². The van der Waals surface area contributed by atoms with Crippen molar-refractivity contribution in [1.82, 2.24) is 5.32 Å². The minimum Gasteiger partial charge on any atom is -0.381 e. The molecule has 0 saturated carbocycles. The highest BCUT2D eigenvalue weighted by Crippen LogP contribution is 2.20. The zero-order valence-corrected chi connectivity index (χ0v) is 15.8. The fraction of sp³-hybridized carbons (Fsp3) is 0.478. The molecule has 1 N–H and O–H groups in total. The molecular weight excluding hydrogens is 306 g/mol. The number of aryl methyl sites for hydroxylation is 1. The molecule has 0 bridgehead atoms. The van der Waals surface area contributed by atoms with Crippen molar-refractivity contribution in [3.8, 4) is 0 Å². The molecule has 1 aliphatic rings. The van der Waals surface area contributed by atoms with Crippen molar-refractivity contribution in [2.75, 3.05) is 26.3 Å². The smallest absolute Gasteiger partial charge is 0.0506 e. The van der Waals surface area contributed by atoms with E-state index < -0.39 is 0 Å². The first kappa shape index (κ1) is 19.7. The van der Waals surface area contributed by atoms with E-state index in [1.807, 2.05) is 18.2 Å². The van der Waals surface area contributed by atoms with Gasteiger partial charge < -0.3 is 10.1 Å². The number of benzene rings is 2. The summed E-state index contributed by atoms with van der Waals surface area (Å²) < 4.78 is 5.68. The highest BCUT2D eigenvalue weighted by Gasteiger charge is 2.21. The van der Waals surface area contributed by atoms with Crippen molar-refractivity contribution >= 4 is 0 Å². The van der Waals surface area contributed by atoms with E-state index >= 15 is 0 Å². The second-order valence-corrected chi connectivity index (χ2v) is 7.05. The maximum Gasteiger partial charge on any atom is 0.0506 e. The first-order valence-electron chi connectivity index (χ1n) is 9.62. The molecule has 0 unspecified atom stereocenters. The summed E-state index contributed by atoms with van der Waals surface area (Å²) in [5, 5.41) is 3.55. The molecule has 0 amide bonds. The Morgan fingerprint density at radius 3 is 2.16 bits per heavy atom. The van der Waals surface area contributed by atoms with Crippen LogP contribution in [-0.4, -0.2) is 26.3 Å². The van der Waals surface area contributed by atoms with Gasteiger partial charge in [0.05, 0.1) is 6.61 Å². The second-order valence-electron chi connectivity index (χ2n) is 7.05. The molecule has 1 fully saturated rings. The van der Waals surface area contributed by atoms with Crippen LogP contribution in [0.25, 0.3) is 0 Å². The van der Waals surface area contributed by atoms with Crippen LogP contribution in [0.4, 0.5) is 0 Å². The largest absolute Gasteiger partial charge is 0.381 e. The van der Waals surface area contributed by atoms with Gasteiger partial charge in [0, 0.05) is 13.2 Å². The van der Waals surface area contributed by atoms with Crippen molar-refractivity contribution in [3.05, 3.63) is 71.8 Å². The summed E-state index contributed by atoms with van der Waals surface area (Å²) in [7, 11) is 0. The minimum absolute atomic E-state index is 0.694. The van der Waals surface area contributed by atoms with Crippen molar-refractivity contribution in [2.45, 2.75) is 33.1 Å². The maximum atomic E-state index is 5.68. The van der Waals surface area contributed by atoms with E-state index in [0.717, 1.165) is 38.6 Å². The number of rotatable bonds is 6. The lowest BCUT2D eigenvalue weighted by atomic mass is 9.86. The van der Waals surface area contributed by atoms with Crippen LogP contribution in [-0.2, 0) is 11.2 Å². The van der Waals surface area contributed by atoms with E-state index in [9.17, 15) is 0 Å². The molecule has 2 atom stereocenters. The van der Waals surface area contributed by atoms with Gasteiger partial charge in [-0.05, 0) is 50.1 Å². The number of hydrogen-bond acceptors (Lipinski definition) is 2. The zero-order valence-electron chi connectivity index (χ0n) is 15.8. The highest BCUT2D eigenvalue weighted by molar-refractivity contribution is 5.15. The Morgan fingerprint density at radius 1 is 0.920 bits per heavy atom. The number of nitrogens with one attached hydrogen (secondary N) is 1. The van der Waals surface area contributed by atoms with Crippen LogP contribution >= 0.6 is 0 Å². The van der Waals surface area contributed by atoms with Gasteiger partial charge in [0.15, 0.2) is 0 Å². The highest BCUT2D eigenvalue weighted by atomic mass is 16.5. The van der Waals surface area contributed by atoms with E-state index in [1.54, 1.807) is 0 Å². The van der Waals surface area contributed by atoms with Gasteiger partial charge in [-0.2, -0.15) is 0 Å². The molecule has 0 aliphatic carbocycles. The summed E-state index contributed by atoms with van der Waals surface area (Å²) in [5.41, 5.74) is 2.78. The van der Waals surface area contributed by atoms with Crippen molar-refractivity contribution in [2.24, 2.45) is 11.8 Å². The van der Waals surface area contributed by atoms with E-state index in [2.05, 4.69) is 61.6 Å². The summed E-state index contributed by atoms with van der Waals surface area (Å²) in [6, 6.07) is 21.1. The minimum atomic E-state index is 0.694. The normalized spacial score (nSPS) is 19.8. The summed E-state index contributed by atoms with van der Waals surface area (Å²) in [4.78, 5) is 0. The molecule has 2 aromatic rings. The van der Waals surface area contributed by atoms with Gasteiger partial charge in [-0.3, -0.25) is 0 Å². The Bertz CT molecular complexity index is 555. The first-order valence-corrected chi connectivity index (χ1v) is 9.62. The maximum absolute atomic E-state index is 5.68. The molecule has 136 valence electrons. The molecule has 3 rings (SSSR count). The van der Waals surface area contributed by atoms with Crippen molar-refractivity contribution in [3.63, 3.8) is 0 Å². The van der Waals surface area contributed by atoms with Crippen LogP contribution in [0.3, 0.4) is 0 Å². The van der Waals surface area contributed by atoms with E-state index in [0.29, 0.717) is 5.92 Å². The van der Waals surface area contributed by atoms with Gasteiger partial charge in [0.2, 0.25) is 0 Å². The number of hydrogen-bond donors (Lipinski definition) is 1. The summed E-state index contributed by atoms with van der Waals surface area (Å²) >= 11 is 0. The summed E-state index contributed by atoms with van der Waals surface area (Å²) in [6.07, 6.45) is 3.61. The average Bonchev–Trinajstić information content (AvgIpc) is 2.64. The molecule has 2 aromatic carbocycles. The lowest BCUT2D eigenvalue weighted by molar-refractivity contribution is 0.0806. The monoisotopic (exact) mass is 339 g/mol. The quantitative estimate of drug-likeness (QED) is 0.758. The number of ether oxygens (including phenoxy) is 1. The van der Waals surface area contributed by atoms with Gasteiger partial charge in [0.25, 0.3) is 0 Å². The molecule has 2 nitrogen and oxygen atoms in total. The van der Waals surface area contributed by atoms with Crippen LogP contribution in [0.15, 0.2) is 60.7 Å². The van der Waals surface area contributed by atoms with Crippen LogP contribution < -0.4 is 5.32 Å². The third-order valence-electron chi connectivity index (χ3n) is 4.54. The lowest BCUT2D eigenvalue weighted by Crippen LogP contribution is -2.39. The van der Waals surface area contributed by atoms with E-state index in [4.69, 9.17) is 4.74 Å². The molecule has 0 aromatic heterocycles. The van der Waals surface area contributed by atoms with Gasteiger partial charge in [-0.25, -0.2) is 0 Å². The van der Waals surface area contributed by atoms with Crippen molar-refractivity contribution < 1.29 is 4.74 Å². The first-order chi connectivity index (χ1) is 12.3. The predicted octanol–water partition coefficient (Wildman–Crippen LogP) is 4.88. The molecule has 1 saturated heterocycles. The third kappa shape index (κ3) is 8.33. The third-order valence-corrected chi connectivity index (χ3v) is 4.54. The van der Waals surface area contributed by atoms with Gasteiger partial charge in [-0.15, -0.1) is 0 Å². The molecular formula is C23H33NO. The summed E-state index contributed by atoms with van der Waals surface area (Å²) in [6.45, 7) is 8.34. The molecule has 2 heteroatoms. The lowest BCUT2D eigenvalue weighted by Gasteiger charge is -2.30. The van der Waals surface area contributed by atoms with Gasteiger partial charge >= 0.3 is 0 Å². The molecule has 1 heterocycles. The summed E-state index contributed by atoms with van der Waals surface area (Å²) in [5.74, 6) is 1.45. The zero-order chi connectivity index (χ0) is 17.7. The molecule has 1 aliphatic heterocycles. The number of piperidine rings is 1. The Balaban J connectivity index is 0.000000269. The average molecular weight is 340 g/mol. The Labute approximate surface area is 153 Å². The molecule has 0 radical (unpaired) electrons. The SMILES string of the molecule is CCCOC[C@H]1CNC[C@@H](Cc2ccccc2)C1.Cc1ccccc1. The van der Waals surface area contributed by atoms with E-state index in [-0.39, 0.29) is 0 Å². The Hall–Kier alpha value is -1.64. The molecule has 25 heavy (non-hydrogen) atoms. The Morgan fingerprint density at radius 2 is 1.56 bits per heavy atom. The predicted molar refractivity (Wildman–Crippen MR) is 107 cm³/mol. The standard InChI is InChI=1S/C16H25NO.C7H8/c1-2-8-18-13-16-10-15(11-17-12-16)9-14-6-4-3-5-7-14;1-7-5-3-2-4-6-7/h3-7,15-17H,2,8-13H2,1H3;2-6H,1H3/t15-,16+;/m0./s1. The fourth-order valence-electron chi connectivity index (χ4n) is 3.29. The van der Waals surface area contributed by atoms with Gasteiger partial charge in [-0.1, -0.05) is 73.2 Å². The van der Waals surface area contributed by atoms with Crippen LogP contribution in [0.2, 0.25) is 0 Å². The topological polar surface area (TPSA) is 21.3 Å². The molecule has 0 spiro atoms. The van der Waals surface area contributed by atoms with E-state index in [1.165, 1.54) is 24.0 Å². The Kier molecular flexibility index (Phi) is 9.32.